The van der Waals surface area contributed by atoms with E-state index in [9.17, 15) is 0 Å². The van der Waals surface area contributed by atoms with E-state index in [2.05, 4.69) is 25.6 Å². The summed E-state index contributed by atoms with van der Waals surface area (Å²) in [6.45, 7) is 4.52. The van der Waals surface area contributed by atoms with E-state index in [1.54, 1.807) is 4.68 Å². The number of benzene rings is 1. The van der Waals surface area contributed by atoms with Crippen LogP contribution in [0.15, 0.2) is 30.6 Å². The summed E-state index contributed by atoms with van der Waals surface area (Å²) in [5, 5.41) is 15.8. The number of aromatic amines is 1. The third-order valence-corrected chi connectivity index (χ3v) is 4.23. The first-order chi connectivity index (χ1) is 11.1. The predicted molar refractivity (Wildman–Crippen MR) is 90.0 cm³/mol. The van der Waals surface area contributed by atoms with Crippen molar-refractivity contribution < 1.29 is 0 Å². The van der Waals surface area contributed by atoms with Crippen molar-refractivity contribution in [2.45, 2.75) is 26.4 Å². The molecule has 1 atom stereocenters. The second-order valence-electron chi connectivity index (χ2n) is 5.22. The van der Waals surface area contributed by atoms with Crippen molar-refractivity contribution in [1.82, 2.24) is 30.3 Å². The molecular weight excluding hydrogens is 335 g/mol. The summed E-state index contributed by atoms with van der Waals surface area (Å²) in [5.74, 6) is 0.779. The summed E-state index contributed by atoms with van der Waals surface area (Å²) < 4.78 is 1.69. The van der Waals surface area contributed by atoms with Crippen LogP contribution in [0.5, 0.6) is 0 Å². The van der Waals surface area contributed by atoms with E-state index in [1.807, 2.05) is 38.1 Å². The third-order valence-electron chi connectivity index (χ3n) is 3.60. The molecule has 0 unspecified atom stereocenters. The molecule has 0 fully saturated rings. The van der Waals surface area contributed by atoms with Crippen LogP contribution in [0.1, 0.15) is 30.0 Å². The highest BCUT2D eigenvalue weighted by Crippen LogP contribution is 2.25. The first-order valence-electron chi connectivity index (χ1n) is 7.15. The minimum absolute atomic E-state index is 0.0301. The van der Waals surface area contributed by atoms with E-state index >= 15 is 0 Å². The van der Waals surface area contributed by atoms with Gasteiger partial charge in [0.2, 0.25) is 0 Å². The molecule has 0 saturated heterocycles. The lowest BCUT2D eigenvalue weighted by atomic mass is 10.2. The fraction of sp³-hybridized carbons (Fsp3) is 0.267. The van der Waals surface area contributed by atoms with E-state index < -0.39 is 0 Å². The first-order valence-corrected chi connectivity index (χ1v) is 7.90. The van der Waals surface area contributed by atoms with Crippen molar-refractivity contribution in [2.24, 2.45) is 0 Å². The maximum Gasteiger partial charge on any atom is 0.141 e. The molecule has 0 amide bonds. The highest BCUT2D eigenvalue weighted by atomic mass is 35.5. The molecule has 1 aromatic carbocycles. The van der Waals surface area contributed by atoms with Crippen LogP contribution in [-0.2, 0) is 6.54 Å². The van der Waals surface area contributed by atoms with Gasteiger partial charge in [-0.25, -0.2) is 9.67 Å². The standard InChI is InChI=1S/C15H16Cl2N6/c1-9-13(7-18-10(2)15-19-8-20-21-15)14(17)23(22-9)12-5-3-4-11(16)6-12/h3-6,8,10,18H,7H2,1-2H3,(H,19,20,21)/t10-/m1/s1. The Morgan fingerprint density at radius 3 is 2.87 bits per heavy atom. The molecule has 0 aliphatic heterocycles. The Bertz CT molecular complexity index is 796. The largest absolute Gasteiger partial charge is 0.303 e. The molecule has 3 rings (SSSR count). The van der Waals surface area contributed by atoms with Gasteiger partial charge in [-0.3, -0.25) is 5.10 Å². The van der Waals surface area contributed by atoms with Crippen LogP contribution in [0, 0.1) is 6.92 Å². The summed E-state index contributed by atoms with van der Waals surface area (Å²) in [4.78, 5) is 4.14. The summed E-state index contributed by atoms with van der Waals surface area (Å²) in [6.07, 6.45) is 1.49. The second kappa shape index (κ2) is 6.70. The van der Waals surface area contributed by atoms with Gasteiger partial charge >= 0.3 is 0 Å². The summed E-state index contributed by atoms with van der Waals surface area (Å²) >= 11 is 12.5. The number of hydrogen-bond acceptors (Lipinski definition) is 4. The van der Waals surface area contributed by atoms with Crippen molar-refractivity contribution >= 4 is 23.2 Å². The molecule has 23 heavy (non-hydrogen) atoms. The lowest BCUT2D eigenvalue weighted by Crippen LogP contribution is -2.19. The van der Waals surface area contributed by atoms with Crippen LogP contribution >= 0.6 is 23.2 Å². The number of halogens is 2. The highest BCUT2D eigenvalue weighted by Gasteiger charge is 2.16. The first kappa shape index (κ1) is 16.0. The Hall–Kier alpha value is -1.89. The van der Waals surface area contributed by atoms with Crippen LogP contribution in [-0.4, -0.2) is 25.0 Å². The highest BCUT2D eigenvalue weighted by molar-refractivity contribution is 6.31. The Labute approximate surface area is 143 Å². The quantitative estimate of drug-likeness (QED) is 0.739. The molecule has 3 aromatic rings. The van der Waals surface area contributed by atoms with E-state index in [0.29, 0.717) is 16.7 Å². The Kier molecular flexibility index (Phi) is 4.66. The maximum atomic E-state index is 6.51. The molecule has 0 bridgehead atoms. The zero-order valence-electron chi connectivity index (χ0n) is 12.7. The van der Waals surface area contributed by atoms with Gasteiger partial charge in [-0.05, 0) is 32.0 Å². The minimum atomic E-state index is 0.0301. The second-order valence-corrected chi connectivity index (χ2v) is 6.01. The van der Waals surface area contributed by atoms with Gasteiger partial charge in [0.1, 0.15) is 17.3 Å². The molecule has 8 heteroatoms. The zero-order chi connectivity index (χ0) is 16.4. The molecule has 0 aliphatic carbocycles. The Balaban J connectivity index is 1.81. The van der Waals surface area contributed by atoms with Gasteiger partial charge < -0.3 is 5.32 Å². The number of nitrogens with zero attached hydrogens (tertiary/aromatic N) is 4. The number of rotatable bonds is 5. The van der Waals surface area contributed by atoms with E-state index in [1.165, 1.54) is 6.33 Å². The Morgan fingerprint density at radius 2 is 2.17 bits per heavy atom. The molecule has 0 aliphatic rings. The smallest absolute Gasteiger partial charge is 0.141 e. The number of hydrogen-bond donors (Lipinski definition) is 2. The molecule has 0 spiro atoms. The average molecular weight is 351 g/mol. The van der Waals surface area contributed by atoms with Gasteiger partial charge in [-0.1, -0.05) is 29.3 Å². The molecule has 0 radical (unpaired) electrons. The fourth-order valence-electron chi connectivity index (χ4n) is 2.29. The molecule has 2 heterocycles. The van der Waals surface area contributed by atoms with Crippen LogP contribution in [0.25, 0.3) is 5.69 Å². The lowest BCUT2D eigenvalue weighted by molar-refractivity contribution is 0.547. The summed E-state index contributed by atoms with van der Waals surface area (Å²) in [7, 11) is 0. The van der Waals surface area contributed by atoms with Crippen LogP contribution in [0.4, 0.5) is 0 Å². The lowest BCUT2D eigenvalue weighted by Gasteiger charge is -2.10. The van der Waals surface area contributed by atoms with Crippen LogP contribution < -0.4 is 5.32 Å². The zero-order valence-corrected chi connectivity index (χ0v) is 14.2. The van der Waals surface area contributed by atoms with Crippen molar-refractivity contribution in [2.75, 3.05) is 0 Å². The van der Waals surface area contributed by atoms with Gasteiger partial charge in [-0.2, -0.15) is 10.2 Å². The number of aromatic nitrogens is 5. The molecule has 2 aromatic heterocycles. The molecule has 0 saturated carbocycles. The molecule has 6 nitrogen and oxygen atoms in total. The van der Waals surface area contributed by atoms with Crippen molar-refractivity contribution in [1.29, 1.82) is 0 Å². The van der Waals surface area contributed by atoms with Crippen molar-refractivity contribution in [3.05, 3.63) is 57.9 Å². The summed E-state index contributed by atoms with van der Waals surface area (Å²) in [5.41, 5.74) is 2.64. The van der Waals surface area contributed by atoms with Gasteiger partial charge in [-0.15, -0.1) is 0 Å². The van der Waals surface area contributed by atoms with Gasteiger partial charge in [0.25, 0.3) is 0 Å². The van der Waals surface area contributed by atoms with Gasteiger partial charge in [0.15, 0.2) is 0 Å². The number of aryl methyl sites for hydroxylation is 1. The topological polar surface area (TPSA) is 71.4 Å². The van der Waals surface area contributed by atoms with Crippen LogP contribution in [0.3, 0.4) is 0 Å². The normalized spacial score (nSPS) is 12.5. The molecule has 2 N–H and O–H groups in total. The Morgan fingerprint density at radius 1 is 1.35 bits per heavy atom. The van der Waals surface area contributed by atoms with E-state index in [4.69, 9.17) is 23.2 Å². The van der Waals surface area contributed by atoms with Crippen LogP contribution in [0.2, 0.25) is 10.2 Å². The van der Waals surface area contributed by atoms with Crippen molar-refractivity contribution in [3.8, 4) is 5.69 Å². The SMILES string of the molecule is Cc1nn(-c2cccc(Cl)c2)c(Cl)c1CN[C@H](C)c1ncn[nH]1. The number of H-pyrrole nitrogens is 1. The third kappa shape index (κ3) is 3.39. The molecule has 120 valence electrons. The van der Waals surface area contributed by atoms with Gasteiger partial charge in [0.05, 0.1) is 17.4 Å². The van der Waals surface area contributed by atoms with Gasteiger partial charge in [0, 0.05) is 17.1 Å². The van der Waals surface area contributed by atoms with E-state index in [-0.39, 0.29) is 6.04 Å². The predicted octanol–water partition coefficient (Wildman–Crippen LogP) is 3.46. The average Bonchev–Trinajstić information content (AvgIpc) is 3.15. The number of nitrogens with one attached hydrogen (secondary N) is 2. The minimum Gasteiger partial charge on any atom is -0.303 e. The molecular formula is C15H16Cl2N6. The van der Waals surface area contributed by atoms with Crippen molar-refractivity contribution in [3.63, 3.8) is 0 Å². The summed E-state index contributed by atoms with van der Waals surface area (Å²) in [6, 6.07) is 7.46. The fourth-order valence-corrected chi connectivity index (χ4v) is 2.81. The maximum absolute atomic E-state index is 6.51. The van der Waals surface area contributed by atoms with E-state index in [0.717, 1.165) is 22.8 Å². The monoisotopic (exact) mass is 350 g/mol.